The fourth-order valence-electron chi connectivity index (χ4n) is 0.949. The zero-order chi connectivity index (χ0) is 10.3. The first kappa shape index (κ1) is 12.5. The van der Waals surface area contributed by atoms with Crippen molar-refractivity contribution in [3.05, 3.63) is 28.2 Å². The zero-order valence-corrected chi connectivity index (χ0v) is 10.3. The van der Waals surface area contributed by atoms with Crippen LogP contribution in [0.3, 0.4) is 0 Å². The second-order valence-corrected chi connectivity index (χ2v) is 3.17. The van der Waals surface area contributed by atoms with E-state index >= 15 is 0 Å². The minimum absolute atomic E-state index is 0.921. The summed E-state index contributed by atoms with van der Waals surface area (Å²) < 4.78 is 6.24. The zero-order valence-electron chi connectivity index (χ0n) is 8.73. The van der Waals surface area contributed by atoms with E-state index in [2.05, 4.69) is 22.9 Å². The Morgan fingerprint density at radius 1 is 1.31 bits per heavy atom. The molecule has 1 aromatic rings. The van der Waals surface area contributed by atoms with Crippen LogP contribution >= 0.6 is 15.9 Å². The first-order valence-electron chi connectivity index (χ1n) is 4.60. The Morgan fingerprint density at radius 2 is 1.92 bits per heavy atom. The second kappa shape index (κ2) is 6.96. The molecule has 0 saturated heterocycles. The molecule has 13 heavy (non-hydrogen) atoms. The Labute approximate surface area is 89.2 Å². The van der Waals surface area contributed by atoms with Gasteiger partial charge in [0.05, 0.1) is 7.11 Å². The Morgan fingerprint density at radius 3 is 2.38 bits per heavy atom. The predicted molar refractivity (Wildman–Crippen MR) is 61.4 cm³/mol. The van der Waals surface area contributed by atoms with Crippen molar-refractivity contribution in [2.24, 2.45) is 0 Å². The third-order valence-corrected chi connectivity index (χ3v) is 2.41. The summed E-state index contributed by atoms with van der Waals surface area (Å²) in [5.41, 5.74) is 1.28. The first-order valence-corrected chi connectivity index (χ1v) is 5.39. The monoisotopic (exact) mass is 244 g/mol. The van der Waals surface area contributed by atoms with E-state index in [0.29, 0.717) is 0 Å². The van der Waals surface area contributed by atoms with Gasteiger partial charge in [0, 0.05) is 4.47 Å². The maximum Gasteiger partial charge on any atom is 0.119 e. The van der Waals surface area contributed by atoms with Gasteiger partial charge < -0.3 is 4.74 Å². The number of aryl methyl sites for hydroxylation is 1. The third-order valence-electron chi connectivity index (χ3n) is 1.63. The molecule has 0 N–H and O–H groups in total. The summed E-state index contributed by atoms with van der Waals surface area (Å²) in [5, 5.41) is 0. The Hall–Kier alpha value is -0.500. The molecule has 0 atom stereocenters. The highest BCUT2D eigenvalue weighted by Crippen LogP contribution is 2.22. The third kappa shape index (κ3) is 3.81. The van der Waals surface area contributed by atoms with Crippen LogP contribution in [0, 0.1) is 0 Å². The van der Waals surface area contributed by atoms with Crippen molar-refractivity contribution in [2.75, 3.05) is 7.11 Å². The summed E-state index contributed by atoms with van der Waals surface area (Å²) in [5.74, 6) is 0.921. The smallest absolute Gasteiger partial charge is 0.119 e. The van der Waals surface area contributed by atoms with E-state index in [0.717, 1.165) is 16.6 Å². The van der Waals surface area contributed by atoms with Crippen molar-refractivity contribution < 1.29 is 4.74 Å². The van der Waals surface area contributed by atoms with Crippen LogP contribution in [-0.4, -0.2) is 7.11 Å². The average molecular weight is 245 g/mol. The van der Waals surface area contributed by atoms with Crippen LogP contribution in [0.2, 0.25) is 0 Å². The summed E-state index contributed by atoms with van der Waals surface area (Å²) in [4.78, 5) is 0. The lowest BCUT2D eigenvalue weighted by molar-refractivity contribution is 0.414. The first-order chi connectivity index (χ1) is 6.27. The maximum absolute atomic E-state index is 5.09. The molecule has 0 fully saturated rings. The van der Waals surface area contributed by atoms with Crippen molar-refractivity contribution >= 4 is 15.9 Å². The van der Waals surface area contributed by atoms with Gasteiger partial charge in [-0.05, 0) is 30.2 Å². The molecule has 0 unspecified atom stereocenters. The van der Waals surface area contributed by atoms with E-state index in [-0.39, 0.29) is 0 Å². The van der Waals surface area contributed by atoms with Crippen LogP contribution in [0.5, 0.6) is 5.75 Å². The van der Waals surface area contributed by atoms with Crippen molar-refractivity contribution in [3.63, 3.8) is 0 Å². The molecule has 74 valence electrons. The van der Waals surface area contributed by atoms with Crippen LogP contribution in [0.15, 0.2) is 22.7 Å². The molecule has 0 aliphatic heterocycles. The van der Waals surface area contributed by atoms with Gasteiger partial charge in [-0.3, -0.25) is 0 Å². The largest absolute Gasteiger partial charge is 0.497 e. The lowest BCUT2D eigenvalue weighted by atomic mass is 10.2. The van der Waals surface area contributed by atoms with Crippen molar-refractivity contribution in [2.45, 2.75) is 27.2 Å². The van der Waals surface area contributed by atoms with Gasteiger partial charge in [-0.25, -0.2) is 0 Å². The van der Waals surface area contributed by atoms with Crippen molar-refractivity contribution in [1.29, 1.82) is 0 Å². The number of benzene rings is 1. The number of hydrogen-bond donors (Lipinski definition) is 0. The molecular weight excluding hydrogens is 228 g/mol. The topological polar surface area (TPSA) is 9.23 Å². The highest BCUT2D eigenvalue weighted by Gasteiger charge is 1.98. The van der Waals surface area contributed by atoms with Gasteiger partial charge in [-0.2, -0.15) is 0 Å². The normalized spacial score (nSPS) is 8.69. The van der Waals surface area contributed by atoms with Crippen LogP contribution in [0.1, 0.15) is 26.3 Å². The van der Waals surface area contributed by atoms with Crippen molar-refractivity contribution in [1.82, 2.24) is 0 Å². The lowest BCUT2D eigenvalue weighted by Crippen LogP contribution is -1.86. The van der Waals surface area contributed by atoms with Gasteiger partial charge in [-0.1, -0.05) is 36.7 Å². The van der Waals surface area contributed by atoms with E-state index in [1.54, 1.807) is 7.11 Å². The summed E-state index contributed by atoms with van der Waals surface area (Å²) >= 11 is 3.46. The highest BCUT2D eigenvalue weighted by atomic mass is 79.9. The Kier molecular flexibility index (Phi) is 6.69. The van der Waals surface area contributed by atoms with Gasteiger partial charge >= 0.3 is 0 Å². The van der Waals surface area contributed by atoms with Crippen LogP contribution in [0.25, 0.3) is 0 Å². The van der Waals surface area contributed by atoms with Crippen LogP contribution in [0.4, 0.5) is 0 Å². The quantitative estimate of drug-likeness (QED) is 0.763. The molecule has 2 heteroatoms. The molecule has 1 nitrogen and oxygen atoms in total. The van der Waals surface area contributed by atoms with Crippen LogP contribution in [-0.2, 0) is 6.42 Å². The van der Waals surface area contributed by atoms with Gasteiger partial charge in [0.15, 0.2) is 0 Å². The summed E-state index contributed by atoms with van der Waals surface area (Å²) in [6, 6.07) is 6.00. The fraction of sp³-hybridized carbons (Fsp3) is 0.455. The molecule has 0 heterocycles. The van der Waals surface area contributed by atoms with E-state index in [1.807, 2.05) is 32.0 Å². The van der Waals surface area contributed by atoms with Gasteiger partial charge in [0.25, 0.3) is 0 Å². The summed E-state index contributed by atoms with van der Waals surface area (Å²) in [6.45, 7) is 6.12. The number of ether oxygens (including phenoxy) is 1. The molecule has 0 amide bonds. The lowest BCUT2D eigenvalue weighted by Gasteiger charge is -2.03. The SMILES string of the molecule is CC.CCc1cc(OC)ccc1Br. The Bertz CT molecular complexity index is 246. The maximum atomic E-state index is 5.09. The minimum atomic E-state index is 0.921. The van der Waals surface area contributed by atoms with E-state index in [4.69, 9.17) is 4.74 Å². The minimum Gasteiger partial charge on any atom is -0.497 e. The molecule has 0 saturated carbocycles. The number of hydrogen-bond acceptors (Lipinski definition) is 1. The van der Waals surface area contributed by atoms with E-state index in [9.17, 15) is 0 Å². The van der Waals surface area contributed by atoms with Gasteiger partial charge in [-0.15, -0.1) is 0 Å². The second-order valence-electron chi connectivity index (χ2n) is 2.31. The molecule has 0 aliphatic carbocycles. The molecular formula is C11H17BrO. The average Bonchev–Trinajstić information content (AvgIpc) is 2.22. The summed E-state index contributed by atoms with van der Waals surface area (Å²) in [7, 11) is 1.68. The van der Waals surface area contributed by atoms with Gasteiger partial charge in [0.1, 0.15) is 5.75 Å². The molecule has 0 aliphatic rings. The number of rotatable bonds is 2. The molecule has 1 aromatic carbocycles. The number of halogens is 1. The standard InChI is InChI=1S/C9H11BrO.C2H6/c1-3-7-6-8(11-2)4-5-9(7)10;1-2/h4-6H,3H2,1-2H3;1-2H3. The molecule has 0 spiro atoms. The number of methoxy groups -OCH3 is 1. The molecule has 1 rings (SSSR count). The molecule has 0 bridgehead atoms. The summed E-state index contributed by atoms with van der Waals surface area (Å²) in [6.07, 6.45) is 1.03. The molecule has 0 radical (unpaired) electrons. The van der Waals surface area contributed by atoms with E-state index < -0.39 is 0 Å². The predicted octanol–water partition coefficient (Wildman–Crippen LogP) is 4.05. The van der Waals surface area contributed by atoms with Gasteiger partial charge in [0.2, 0.25) is 0 Å². The van der Waals surface area contributed by atoms with Crippen molar-refractivity contribution in [3.8, 4) is 5.75 Å². The van der Waals surface area contributed by atoms with Crippen LogP contribution < -0.4 is 4.74 Å². The Balaban J connectivity index is 0.000000671. The highest BCUT2D eigenvalue weighted by molar-refractivity contribution is 9.10. The van der Waals surface area contributed by atoms with E-state index in [1.165, 1.54) is 5.56 Å². The fourth-order valence-corrected chi connectivity index (χ4v) is 1.48. The molecule has 0 aromatic heterocycles.